The minimum absolute atomic E-state index is 0.963. The van der Waals surface area contributed by atoms with Gasteiger partial charge in [0.05, 0.1) is 12.0 Å². The summed E-state index contributed by atoms with van der Waals surface area (Å²) in [5, 5.41) is 0. The van der Waals surface area contributed by atoms with Crippen molar-refractivity contribution in [2.45, 2.75) is 0 Å². The summed E-state index contributed by atoms with van der Waals surface area (Å²) in [4.78, 5) is 6.38. The number of hydrogen-bond donors (Lipinski definition) is 0. The molecular formula is C14H14N2. The van der Waals surface area contributed by atoms with Crippen LogP contribution < -0.4 is 4.90 Å². The number of hydrogen-bond acceptors (Lipinski definition) is 1. The van der Waals surface area contributed by atoms with Crippen molar-refractivity contribution in [3.63, 3.8) is 0 Å². The smallest absolute Gasteiger partial charge is 0.0954 e. The van der Waals surface area contributed by atoms with Gasteiger partial charge in [0.2, 0.25) is 0 Å². The highest BCUT2D eigenvalue weighted by atomic mass is 15.1. The average molecular weight is 210 g/mol. The van der Waals surface area contributed by atoms with Gasteiger partial charge in [-0.05, 0) is 24.3 Å². The monoisotopic (exact) mass is 210 g/mol. The summed E-state index contributed by atoms with van der Waals surface area (Å²) in [6, 6.07) is 20.1. The van der Waals surface area contributed by atoms with Gasteiger partial charge in [-0.15, -0.1) is 0 Å². The first-order valence-electron chi connectivity index (χ1n) is 5.23. The Bertz CT molecular complexity index is 449. The molecule has 0 spiro atoms. The van der Waals surface area contributed by atoms with Gasteiger partial charge in [-0.25, -0.2) is 4.99 Å². The van der Waals surface area contributed by atoms with Crippen molar-refractivity contribution in [1.82, 2.24) is 0 Å². The summed E-state index contributed by atoms with van der Waals surface area (Å²) < 4.78 is 0. The van der Waals surface area contributed by atoms with E-state index in [2.05, 4.69) is 17.1 Å². The molecule has 0 atom stereocenters. The highest BCUT2D eigenvalue weighted by Crippen LogP contribution is 2.12. The second-order valence-electron chi connectivity index (χ2n) is 3.53. The number of aliphatic imine (C=N–C) groups is 1. The SMILES string of the molecule is CN(C=Nc1ccccc1)c1ccccc1. The summed E-state index contributed by atoms with van der Waals surface area (Å²) in [5.41, 5.74) is 2.09. The molecule has 2 nitrogen and oxygen atoms in total. The van der Waals surface area contributed by atoms with E-state index < -0.39 is 0 Å². The Morgan fingerprint density at radius 1 is 0.875 bits per heavy atom. The molecule has 2 aromatic rings. The quantitative estimate of drug-likeness (QED) is 0.559. The molecule has 0 amide bonds. The van der Waals surface area contributed by atoms with Crippen LogP contribution in [-0.2, 0) is 0 Å². The van der Waals surface area contributed by atoms with E-state index in [0.29, 0.717) is 0 Å². The van der Waals surface area contributed by atoms with E-state index in [1.54, 1.807) is 0 Å². The van der Waals surface area contributed by atoms with Crippen molar-refractivity contribution in [1.29, 1.82) is 0 Å². The minimum atomic E-state index is 0.963. The van der Waals surface area contributed by atoms with Gasteiger partial charge in [0, 0.05) is 12.7 Å². The van der Waals surface area contributed by atoms with Gasteiger partial charge in [0.1, 0.15) is 0 Å². The van der Waals surface area contributed by atoms with Crippen molar-refractivity contribution in [2.24, 2.45) is 4.99 Å². The molecule has 0 aliphatic carbocycles. The van der Waals surface area contributed by atoms with Crippen molar-refractivity contribution >= 4 is 17.7 Å². The van der Waals surface area contributed by atoms with E-state index >= 15 is 0 Å². The molecule has 2 rings (SSSR count). The molecule has 0 radical (unpaired) electrons. The predicted molar refractivity (Wildman–Crippen MR) is 69.4 cm³/mol. The topological polar surface area (TPSA) is 15.6 Å². The largest absolute Gasteiger partial charge is 0.336 e. The molecule has 0 aliphatic rings. The fraction of sp³-hybridized carbons (Fsp3) is 0.0714. The van der Waals surface area contributed by atoms with Crippen LogP contribution in [0.2, 0.25) is 0 Å². The predicted octanol–water partition coefficient (Wildman–Crippen LogP) is 3.48. The van der Waals surface area contributed by atoms with Gasteiger partial charge in [-0.1, -0.05) is 36.4 Å². The Balaban J connectivity index is 2.08. The Morgan fingerprint density at radius 3 is 2.06 bits per heavy atom. The van der Waals surface area contributed by atoms with E-state index in [1.807, 2.05) is 66.8 Å². The van der Waals surface area contributed by atoms with Gasteiger partial charge in [-0.2, -0.15) is 0 Å². The number of nitrogens with zero attached hydrogens (tertiary/aromatic N) is 2. The Kier molecular flexibility index (Phi) is 3.34. The lowest BCUT2D eigenvalue weighted by Gasteiger charge is -2.12. The van der Waals surface area contributed by atoms with Crippen LogP contribution in [0, 0.1) is 0 Å². The van der Waals surface area contributed by atoms with Gasteiger partial charge in [-0.3, -0.25) is 0 Å². The zero-order valence-corrected chi connectivity index (χ0v) is 9.25. The van der Waals surface area contributed by atoms with Crippen LogP contribution in [0.1, 0.15) is 0 Å². The van der Waals surface area contributed by atoms with E-state index in [1.165, 1.54) is 0 Å². The molecule has 0 bridgehead atoms. The Hall–Kier alpha value is -2.09. The molecule has 0 aromatic heterocycles. The van der Waals surface area contributed by atoms with Crippen LogP contribution in [0.5, 0.6) is 0 Å². The third-order valence-electron chi connectivity index (χ3n) is 2.30. The van der Waals surface area contributed by atoms with Crippen molar-refractivity contribution in [2.75, 3.05) is 11.9 Å². The standard InChI is InChI=1S/C14H14N2/c1-16(14-10-6-3-7-11-14)12-15-13-8-4-2-5-9-13/h2-12H,1H3. The Labute approximate surface area is 95.9 Å². The molecule has 0 unspecified atom stereocenters. The molecule has 0 saturated carbocycles. The third kappa shape index (κ3) is 2.70. The van der Waals surface area contributed by atoms with E-state index in [0.717, 1.165) is 11.4 Å². The number of anilines is 1. The summed E-state index contributed by atoms with van der Waals surface area (Å²) >= 11 is 0. The first-order valence-corrected chi connectivity index (χ1v) is 5.23. The van der Waals surface area contributed by atoms with Crippen LogP contribution >= 0.6 is 0 Å². The average Bonchev–Trinajstić information content (AvgIpc) is 2.38. The van der Waals surface area contributed by atoms with Gasteiger partial charge in [0.15, 0.2) is 0 Å². The van der Waals surface area contributed by atoms with Crippen LogP contribution in [0.4, 0.5) is 11.4 Å². The maximum atomic E-state index is 4.38. The molecule has 0 saturated heterocycles. The minimum Gasteiger partial charge on any atom is -0.336 e. The maximum absolute atomic E-state index is 4.38. The van der Waals surface area contributed by atoms with Crippen molar-refractivity contribution < 1.29 is 0 Å². The second kappa shape index (κ2) is 5.12. The summed E-state index contributed by atoms with van der Waals surface area (Å²) in [5.74, 6) is 0. The molecule has 0 heterocycles. The van der Waals surface area contributed by atoms with Crippen LogP contribution in [0.3, 0.4) is 0 Å². The molecular weight excluding hydrogens is 196 g/mol. The van der Waals surface area contributed by atoms with Gasteiger partial charge in [0.25, 0.3) is 0 Å². The first-order chi connectivity index (χ1) is 7.86. The van der Waals surface area contributed by atoms with Crippen LogP contribution in [0.15, 0.2) is 65.7 Å². The van der Waals surface area contributed by atoms with Gasteiger partial charge < -0.3 is 4.90 Å². The first kappa shape index (κ1) is 10.4. The highest BCUT2D eigenvalue weighted by molar-refractivity contribution is 5.80. The highest BCUT2D eigenvalue weighted by Gasteiger charge is 1.94. The zero-order chi connectivity index (χ0) is 11.2. The number of benzene rings is 2. The number of rotatable bonds is 3. The lowest BCUT2D eigenvalue weighted by Crippen LogP contribution is -2.13. The summed E-state index contributed by atoms with van der Waals surface area (Å²) in [7, 11) is 1.99. The Morgan fingerprint density at radius 2 is 1.44 bits per heavy atom. The third-order valence-corrected chi connectivity index (χ3v) is 2.30. The molecule has 16 heavy (non-hydrogen) atoms. The van der Waals surface area contributed by atoms with Gasteiger partial charge >= 0.3 is 0 Å². The second-order valence-corrected chi connectivity index (χ2v) is 3.53. The van der Waals surface area contributed by atoms with E-state index in [4.69, 9.17) is 0 Å². The normalized spacial score (nSPS) is 10.6. The lowest BCUT2D eigenvalue weighted by atomic mass is 10.3. The van der Waals surface area contributed by atoms with E-state index in [-0.39, 0.29) is 0 Å². The summed E-state index contributed by atoms with van der Waals surface area (Å²) in [6.07, 6.45) is 1.82. The molecule has 2 aromatic carbocycles. The van der Waals surface area contributed by atoms with E-state index in [9.17, 15) is 0 Å². The molecule has 0 aliphatic heterocycles. The zero-order valence-electron chi connectivity index (χ0n) is 9.25. The summed E-state index contributed by atoms with van der Waals surface area (Å²) in [6.45, 7) is 0. The maximum Gasteiger partial charge on any atom is 0.0954 e. The van der Waals surface area contributed by atoms with Crippen molar-refractivity contribution in [3.8, 4) is 0 Å². The fourth-order valence-electron chi connectivity index (χ4n) is 1.40. The molecule has 2 heteroatoms. The van der Waals surface area contributed by atoms with Crippen molar-refractivity contribution in [3.05, 3.63) is 60.7 Å². The van der Waals surface area contributed by atoms with Crippen LogP contribution in [-0.4, -0.2) is 13.4 Å². The van der Waals surface area contributed by atoms with Crippen LogP contribution in [0.25, 0.3) is 0 Å². The molecule has 80 valence electrons. The number of para-hydroxylation sites is 2. The molecule has 0 fully saturated rings. The fourth-order valence-corrected chi connectivity index (χ4v) is 1.40. The molecule has 0 N–H and O–H groups in total. The lowest BCUT2D eigenvalue weighted by molar-refractivity contribution is 1.28.